The number of aromatic nitrogens is 1. The highest BCUT2D eigenvalue weighted by Gasteiger charge is 1.97. The van der Waals surface area contributed by atoms with Crippen LogP contribution in [-0.2, 0) is 4.74 Å². The van der Waals surface area contributed by atoms with Gasteiger partial charge in [-0.15, -0.1) is 11.6 Å². The van der Waals surface area contributed by atoms with Gasteiger partial charge in [0.05, 0.1) is 13.2 Å². The summed E-state index contributed by atoms with van der Waals surface area (Å²) >= 11 is 5.49. The molecule has 1 aromatic heterocycles. The van der Waals surface area contributed by atoms with Crippen molar-refractivity contribution in [2.24, 2.45) is 0 Å². The lowest BCUT2D eigenvalue weighted by atomic mass is 10.4. The first kappa shape index (κ1) is 14.1. The maximum Gasteiger partial charge on any atom is 0.215 e. The van der Waals surface area contributed by atoms with Crippen LogP contribution in [0.2, 0.25) is 0 Å². The summed E-state index contributed by atoms with van der Waals surface area (Å²) in [5, 5.41) is 3.22. The molecule has 1 N–H and O–H groups in total. The number of nitrogens with one attached hydrogen (secondary N) is 1. The Kier molecular flexibility index (Phi) is 7.51. The third-order valence-corrected chi connectivity index (χ3v) is 2.16. The zero-order valence-electron chi connectivity index (χ0n) is 10.1. The lowest BCUT2D eigenvalue weighted by Crippen LogP contribution is -2.08. The summed E-state index contributed by atoms with van der Waals surface area (Å²) in [5.41, 5.74) is 0. The Labute approximate surface area is 107 Å². The topological polar surface area (TPSA) is 43.4 Å². The van der Waals surface area contributed by atoms with Gasteiger partial charge in [0.1, 0.15) is 5.82 Å². The lowest BCUT2D eigenvalue weighted by Gasteiger charge is -2.07. The van der Waals surface area contributed by atoms with Crippen LogP contribution in [-0.4, -0.2) is 37.2 Å². The van der Waals surface area contributed by atoms with E-state index in [1.165, 1.54) is 0 Å². The molecule has 0 bridgehead atoms. The van der Waals surface area contributed by atoms with Crippen molar-refractivity contribution in [3.8, 4) is 5.88 Å². The number of alkyl halides is 1. The first-order valence-electron chi connectivity index (χ1n) is 5.84. The lowest BCUT2D eigenvalue weighted by molar-refractivity contribution is 0.149. The molecule has 0 unspecified atom stereocenters. The molecule has 0 aliphatic heterocycles. The summed E-state index contributed by atoms with van der Waals surface area (Å²) < 4.78 is 10.6. The second kappa shape index (κ2) is 9.07. The first-order valence-corrected chi connectivity index (χ1v) is 6.37. The predicted octanol–water partition coefficient (Wildman–Crippen LogP) is 2.54. The number of hydrogen-bond acceptors (Lipinski definition) is 4. The van der Waals surface area contributed by atoms with E-state index in [9.17, 15) is 0 Å². The predicted molar refractivity (Wildman–Crippen MR) is 70.1 cm³/mol. The van der Waals surface area contributed by atoms with E-state index in [1.54, 1.807) is 0 Å². The quantitative estimate of drug-likeness (QED) is 0.546. The molecule has 0 amide bonds. The van der Waals surface area contributed by atoms with E-state index in [2.05, 4.69) is 10.3 Å². The van der Waals surface area contributed by atoms with E-state index in [1.807, 2.05) is 25.1 Å². The fourth-order valence-electron chi connectivity index (χ4n) is 1.29. The number of halogens is 1. The van der Waals surface area contributed by atoms with Gasteiger partial charge in [0.2, 0.25) is 5.88 Å². The van der Waals surface area contributed by atoms with Crippen molar-refractivity contribution in [1.82, 2.24) is 4.98 Å². The average molecular weight is 259 g/mol. The van der Waals surface area contributed by atoms with Crippen LogP contribution in [0.25, 0.3) is 0 Å². The van der Waals surface area contributed by atoms with Crippen LogP contribution in [0, 0.1) is 0 Å². The van der Waals surface area contributed by atoms with Crippen molar-refractivity contribution in [3.63, 3.8) is 0 Å². The largest absolute Gasteiger partial charge is 0.478 e. The Hall–Kier alpha value is -1.00. The van der Waals surface area contributed by atoms with Crippen molar-refractivity contribution >= 4 is 17.4 Å². The van der Waals surface area contributed by atoms with Gasteiger partial charge in [-0.3, -0.25) is 0 Å². The molecule has 4 nitrogen and oxygen atoms in total. The fourth-order valence-corrected chi connectivity index (χ4v) is 1.40. The number of nitrogens with zero attached hydrogens (tertiary/aromatic N) is 1. The van der Waals surface area contributed by atoms with E-state index in [-0.39, 0.29) is 0 Å². The smallest absolute Gasteiger partial charge is 0.215 e. The molecule has 0 saturated heterocycles. The maximum atomic E-state index is 5.49. The van der Waals surface area contributed by atoms with Gasteiger partial charge >= 0.3 is 0 Å². The average Bonchev–Trinajstić information content (AvgIpc) is 2.35. The molecule has 1 rings (SSSR count). The van der Waals surface area contributed by atoms with Crippen LogP contribution < -0.4 is 10.1 Å². The van der Waals surface area contributed by atoms with Gasteiger partial charge in [-0.2, -0.15) is 4.98 Å². The molecule has 0 atom stereocenters. The number of pyridine rings is 1. The van der Waals surface area contributed by atoms with Gasteiger partial charge in [0, 0.05) is 25.1 Å². The molecular formula is C12H19ClN2O2. The van der Waals surface area contributed by atoms with Crippen LogP contribution in [0.15, 0.2) is 18.2 Å². The highest BCUT2D eigenvalue weighted by atomic mass is 35.5. The Morgan fingerprint density at radius 3 is 3.00 bits per heavy atom. The number of ether oxygens (including phenoxy) is 2. The van der Waals surface area contributed by atoms with Crippen molar-refractivity contribution in [3.05, 3.63) is 18.2 Å². The molecular weight excluding hydrogens is 240 g/mol. The molecule has 0 spiro atoms. The molecule has 0 aliphatic rings. The van der Waals surface area contributed by atoms with E-state index in [4.69, 9.17) is 21.1 Å². The number of rotatable bonds is 9. The molecule has 1 aromatic rings. The Balaban J connectivity index is 2.19. The van der Waals surface area contributed by atoms with Crippen LogP contribution >= 0.6 is 11.6 Å². The maximum absolute atomic E-state index is 5.49. The third kappa shape index (κ3) is 6.34. The van der Waals surface area contributed by atoms with E-state index >= 15 is 0 Å². The molecule has 0 aromatic carbocycles. The molecule has 0 radical (unpaired) electrons. The van der Waals surface area contributed by atoms with Gasteiger partial charge in [-0.05, 0) is 19.4 Å². The highest BCUT2D eigenvalue weighted by Crippen LogP contribution is 2.10. The molecule has 0 fully saturated rings. The van der Waals surface area contributed by atoms with E-state index in [0.717, 1.165) is 18.8 Å². The number of anilines is 1. The zero-order valence-corrected chi connectivity index (χ0v) is 10.9. The van der Waals surface area contributed by atoms with Crippen LogP contribution in [0.4, 0.5) is 5.82 Å². The SMILES string of the molecule is CCOc1cccc(NCCCOCCCl)n1. The van der Waals surface area contributed by atoms with Crippen LogP contribution in [0.3, 0.4) is 0 Å². The minimum absolute atomic E-state index is 0.547. The monoisotopic (exact) mass is 258 g/mol. The highest BCUT2D eigenvalue weighted by molar-refractivity contribution is 6.17. The Morgan fingerprint density at radius 1 is 1.35 bits per heavy atom. The van der Waals surface area contributed by atoms with Crippen molar-refractivity contribution in [2.75, 3.05) is 37.6 Å². The van der Waals surface area contributed by atoms with E-state index < -0.39 is 0 Å². The Bertz CT molecular complexity index is 310. The molecule has 0 aliphatic carbocycles. The first-order chi connectivity index (χ1) is 8.36. The molecule has 96 valence electrons. The minimum Gasteiger partial charge on any atom is -0.478 e. The number of hydrogen-bond donors (Lipinski definition) is 1. The van der Waals surface area contributed by atoms with Gasteiger partial charge in [0.15, 0.2) is 0 Å². The summed E-state index contributed by atoms with van der Waals surface area (Å²) in [5.74, 6) is 2.02. The van der Waals surface area contributed by atoms with Gasteiger partial charge in [-0.25, -0.2) is 0 Å². The summed E-state index contributed by atoms with van der Waals surface area (Å²) in [6, 6.07) is 5.69. The normalized spacial score (nSPS) is 10.2. The van der Waals surface area contributed by atoms with Crippen molar-refractivity contribution in [2.45, 2.75) is 13.3 Å². The second-order valence-electron chi connectivity index (χ2n) is 3.38. The van der Waals surface area contributed by atoms with Gasteiger partial charge in [0.25, 0.3) is 0 Å². The van der Waals surface area contributed by atoms with Crippen LogP contribution in [0.5, 0.6) is 5.88 Å². The van der Waals surface area contributed by atoms with E-state index in [0.29, 0.717) is 31.6 Å². The molecule has 5 heteroatoms. The summed E-state index contributed by atoms with van der Waals surface area (Å²) in [4.78, 5) is 4.30. The summed E-state index contributed by atoms with van der Waals surface area (Å²) in [7, 11) is 0. The third-order valence-electron chi connectivity index (χ3n) is 2.01. The molecule has 0 saturated carbocycles. The molecule has 17 heavy (non-hydrogen) atoms. The minimum atomic E-state index is 0.547. The van der Waals surface area contributed by atoms with Crippen molar-refractivity contribution < 1.29 is 9.47 Å². The van der Waals surface area contributed by atoms with Crippen LogP contribution in [0.1, 0.15) is 13.3 Å². The Morgan fingerprint density at radius 2 is 2.24 bits per heavy atom. The van der Waals surface area contributed by atoms with Gasteiger partial charge in [-0.1, -0.05) is 6.07 Å². The second-order valence-corrected chi connectivity index (χ2v) is 3.75. The van der Waals surface area contributed by atoms with Gasteiger partial charge < -0.3 is 14.8 Å². The molecule has 1 heterocycles. The summed E-state index contributed by atoms with van der Waals surface area (Å²) in [6.45, 7) is 4.72. The zero-order chi connectivity index (χ0) is 12.3. The van der Waals surface area contributed by atoms with Crippen molar-refractivity contribution in [1.29, 1.82) is 0 Å². The fraction of sp³-hybridized carbons (Fsp3) is 0.583. The summed E-state index contributed by atoms with van der Waals surface area (Å²) in [6.07, 6.45) is 0.928. The standard InChI is InChI=1S/C12H19ClN2O2/c1-2-17-12-6-3-5-11(15-12)14-8-4-9-16-10-7-13/h3,5-6H,2,4,7-10H2,1H3,(H,14,15).